The van der Waals surface area contributed by atoms with Crippen LogP contribution in [-0.4, -0.2) is 43.7 Å². The van der Waals surface area contributed by atoms with Gasteiger partial charge < -0.3 is 14.4 Å². The van der Waals surface area contributed by atoms with Crippen LogP contribution in [0, 0.1) is 0 Å². The molecule has 0 spiro atoms. The quantitative estimate of drug-likeness (QED) is 0.752. The average molecular weight is 380 g/mol. The second-order valence-corrected chi connectivity index (χ2v) is 7.48. The number of thiophene rings is 1. The average Bonchev–Trinajstić information content (AvgIpc) is 3.16. The maximum Gasteiger partial charge on any atom is 0.257 e. The number of ether oxygens (including phenoxy) is 2. The molecule has 1 aromatic carbocycles. The van der Waals surface area contributed by atoms with Crippen LogP contribution in [0.1, 0.15) is 28.1 Å². The van der Waals surface area contributed by atoms with Gasteiger partial charge in [0, 0.05) is 35.7 Å². The maximum atomic E-state index is 13.3. The number of rotatable bonds is 6. The first-order chi connectivity index (χ1) is 12.2. The fourth-order valence-electron chi connectivity index (χ4n) is 3.13. The Morgan fingerprint density at radius 2 is 2.16 bits per heavy atom. The van der Waals surface area contributed by atoms with E-state index in [2.05, 4.69) is 11.4 Å². The summed E-state index contributed by atoms with van der Waals surface area (Å²) in [5.41, 5.74) is 0.521. The lowest BCUT2D eigenvalue weighted by atomic mass is 10.0. The van der Waals surface area contributed by atoms with Gasteiger partial charge in [-0.2, -0.15) is 0 Å². The fraction of sp³-hybridized carbons (Fsp3) is 0.421. The molecular formula is C19H22ClNO3S. The number of amides is 1. The van der Waals surface area contributed by atoms with Crippen molar-refractivity contribution in [3.05, 3.63) is 51.2 Å². The lowest BCUT2D eigenvalue weighted by molar-refractivity contribution is 0.0292. The van der Waals surface area contributed by atoms with Gasteiger partial charge in [-0.15, -0.1) is 11.3 Å². The van der Waals surface area contributed by atoms with Gasteiger partial charge in [-0.25, -0.2) is 0 Å². The van der Waals surface area contributed by atoms with E-state index in [1.165, 1.54) is 4.88 Å². The number of hydrogen-bond donors (Lipinski definition) is 0. The first-order valence-electron chi connectivity index (χ1n) is 8.43. The van der Waals surface area contributed by atoms with E-state index in [1.807, 2.05) is 11.0 Å². The lowest BCUT2D eigenvalue weighted by Gasteiger charge is -2.34. The Morgan fingerprint density at radius 3 is 2.84 bits per heavy atom. The summed E-state index contributed by atoms with van der Waals surface area (Å²) >= 11 is 7.84. The van der Waals surface area contributed by atoms with Crippen LogP contribution < -0.4 is 4.74 Å². The number of halogens is 1. The van der Waals surface area contributed by atoms with Crippen molar-refractivity contribution in [2.45, 2.75) is 25.3 Å². The molecule has 3 rings (SSSR count). The summed E-state index contributed by atoms with van der Waals surface area (Å²) in [5, 5.41) is 2.60. The Hall–Kier alpha value is -1.56. The second-order valence-electron chi connectivity index (χ2n) is 6.02. The molecule has 4 nitrogen and oxygen atoms in total. The van der Waals surface area contributed by atoms with Crippen molar-refractivity contribution in [2.24, 2.45) is 0 Å². The van der Waals surface area contributed by atoms with Crippen molar-refractivity contribution in [3.63, 3.8) is 0 Å². The monoisotopic (exact) mass is 379 g/mol. The van der Waals surface area contributed by atoms with Gasteiger partial charge in [-0.1, -0.05) is 17.7 Å². The Balaban J connectivity index is 1.84. The van der Waals surface area contributed by atoms with Crippen molar-refractivity contribution in [2.75, 3.05) is 26.9 Å². The summed E-state index contributed by atoms with van der Waals surface area (Å²) in [4.78, 5) is 16.5. The number of methoxy groups -OCH3 is 1. The van der Waals surface area contributed by atoms with Crippen molar-refractivity contribution in [1.29, 1.82) is 0 Å². The van der Waals surface area contributed by atoms with Gasteiger partial charge in [-0.05, 0) is 48.9 Å². The topological polar surface area (TPSA) is 38.8 Å². The SMILES string of the molecule is COc1ccc(Cl)cc1C(=O)N(CCc1cccs1)C1CCOCC1. The molecule has 134 valence electrons. The van der Waals surface area contributed by atoms with E-state index in [9.17, 15) is 4.79 Å². The van der Waals surface area contributed by atoms with E-state index in [0.29, 0.717) is 36.1 Å². The Labute approximate surface area is 157 Å². The highest BCUT2D eigenvalue weighted by Gasteiger charge is 2.28. The third-order valence-electron chi connectivity index (χ3n) is 4.46. The normalized spacial score (nSPS) is 15.1. The molecule has 1 amide bonds. The second kappa shape index (κ2) is 8.70. The first-order valence-corrected chi connectivity index (χ1v) is 9.69. The van der Waals surface area contributed by atoms with Crippen LogP contribution in [0.4, 0.5) is 0 Å². The van der Waals surface area contributed by atoms with Crippen LogP contribution in [0.3, 0.4) is 0 Å². The summed E-state index contributed by atoms with van der Waals surface area (Å²) in [6, 6.07) is 9.52. The minimum Gasteiger partial charge on any atom is -0.496 e. The van der Waals surface area contributed by atoms with Crippen LogP contribution in [0.5, 0.6) is 5.75 Å². The minimum absolute atomic E-state index is 0.0252. The molecule has 0 atom stereocenters. The predicted molar refractivity (Wildman–Crippen MR) is 101 cm³/mol. The molecular weight excluding hydrogens is 358 g/mol. The first kappa shape index (κ1) is 18.2. The standard InChI is InChI=1S/C19H22ClNO3S/c1-23-18-5-4-14(20)13-17(18)19(22)21(15-7-10-24-11-8-15)9-6-16-3-2-12-25-16/h2-5,12-13,15H,6-11H2,1H3. The predicted octanol–water partition coefficient (Wildman–Crippen LogP) is 4.27. The van der Waals surface area contributed by atoms with Gasteiger partial charge in [0.2, 0.25) is 0 Å². The van der Waals surface area contributed by atoms with Crippen molar-refractivity contribution >= 4 is 28.8 Å². The highest BCUT2D eigenvalue weighted by molar-refractivity contribution is 7.09. The molecule has 0 bridgehead atoms. The highest BCUT2D eigenvalue weighted by atomic mass is 35.5. The van der Waals surface area contributed by atoms with Gasteiger partial charge in [0.05, 0.1) is 12.7 Å². The molecule has 2 aromatic rings. The third kappa shape index (κ3) is 4.54. The number of nitrogens with zero attached hydrogens (tertiary/aromatic N) is 1. The summed E-state index contributed by atoms with van der Waals surface area (Å²) in [5.74, 6) is 0.533. The molecule has 1 fully saturated rings. The molecule has 2 heterocycles. The largest absolute Gasteiger partial charge is 0.496 e. The number of carbonyl (C=O) groups excluding carboxylic acids is 1. The van der Waals surface area contributed by atoms with E-state index in [4.69, 9.17) is 21.1 Å². The van der Waals surface area contributed by atoms with Gasteiger partial charge in [-0.3, -0.25) is 4.79 Å². The fourth-order valence-corrected chi connectivity index (χ4v) is 4.00. The molecule has 0 saturated carbocycles. The molecule has 0 unspecified atom stereocenters. The maximum absolute atomic E-state index is 13.3. The highest BCUT2D eigenvalue weighted by Crippen LogP contribution is 2.27. The molecule has 0 aliphatic carbocycles. The van der Waals surface area contributed by atoms with Crippen LogP contribution >= 0.6 is 22.9 Å². The van der Waals surface area contributed by atoms with Gasteiger partial charge in [0.1, 0.15) is 5.75 Å². The Morgan fingerprint density at radius 1 is 1.36 bits per heavy atom. The smallest absolute Gasteiger partial charge is 0.257 e. The zero-order valence-corrected chi connectivity index (χ0v) is 15.8. The molecule has 1 aromatic heterocycles. The zero-order valence-electron chi connectivity index (χ0n) is 14.2. The summed E-state index contributed by atoms with van der Waals surface area (Å²) < 4.78 is 10.8. The van der Waals surface area contributed by atoms with E-state index < -0.39 is 0 Å². The number of hydrogen-bond acceptors (Lipinski definition) is 4. The van der Waals surface area contributed by atoms with Gasteiger partial charge in [0.15, 0.2) is 0 Å². The third-order valence-corrected chi connectivity index (χ3v) is 5.63. The molecule has 6 heteroatoms. The van der Waals surface area contributed by atoms with Crippen LogP contribution in [0.2, 0.25) is 5.02 Å². The van der Waals surface area contributed by atoms with E-state index in [-0.39, 0.29) is 11.9 Å². The van der Waals surface area contributed by atoms with Crippen LogP contribution in [0.25, 0.3) is 0 Å². The summed E-state index contributed by atoms with van der Waals surface area (Å²) in [6.45, 7) is 2.07. The van der Waals surface area contributed by atoms with E-state index in [1.54, 1.807) is 36.6 Å². The number of benzene rings is 1. The molecule has 0 N–H and O–H groups in total. The van der Waals surface area contributed by atoms with Crippen molar-refractivity contribution in [1.82, 2.24) is 4.90 Å². The molecule has 0 radical (unpaired) electrons. The molecule has 1 aliphatic heterocycles. The molecule has 25 heavy (non-hydrogen) atoms. The van der Waals surface area contributed by atoms with Crippen LogP contribution in [-0.2, 0) is 11.2 Å². The van der Waals surface area contributed by atoms with Crippen LogP contribution in [0.15, 0.2) is 35.7 Å². The van der Waals surface area contributed by atoms with Gasteiger partial charge in [0.25, 0.3) is 5.91 Å². The van der Waals surface area contributed by atoms with E-state index in [0.717, 1.165) is 19.3 Å². The lowest BCUT2D eigenvalue weighted by Crippen LogP contribution is -2.44. The van der Waals surface area contributed by atoms with Gasteiger partial charge >= 0.3 is 0 Å². The Kier molecular flexibility index (Phi) is 6.34. The molecule has 1 saturated heterocycles. The van der Waals surface area contributed by atoms with E-state index >= 15 is 0 Å². The van der Waals surface area contributed by atoms with Crippen molar-refractivity contribution < 1.29 is 14.3 Å². The summed E-state index contributed by atoms with van der Waals surface area (Å²) in [7, 11) is 1.57. The number of carbonyl (C=O) groups is 1. The Bertz CT molecular complexity index is 699. The summed E-state index contributed by atoms with van der Waals surface area (Å²) in [6.07, 6.45) is 2.57. The molecule has 1 aliphatic rings. The van der Waals surface area contributed by atoms with Crippen molar-refractivity contribution in [3.8, 4) is 5.75 Å². The zero-order chi connectivity index (χ0) is 17.6. The minimum atomic E-state index is -0.0252.